The van der Waals surface area contributed by atoms with E-state index in [1.807, 2.05) is 43.3 Å². The van der Waals surface area contributed by atoms with Crippen molar-refractivity contribution in [2.24, 2.45) is 0 Å². The molecule has 0 aliphatic carbocycles. The molecule has 2 rings (SSSR count). The molecular weight excluding hydrogens is 218 g/mol. The Bertz CT molecular complexity index is 416. The Morgan fingerprint density at radius 2 is 2.00 bits per heavy atom. The molecule has 1 aliphatic rings. The van der Waals surface area contributed by atoms with Crippen molar-refractivity contribution < 1.29 is 14.4 Å². The number of hydrogen-bond acceptors (Lipinski definition) is 4. The first-order valence-corrected chi connectivity index (χ1v) is 5.49. The predicted molar refractivity (Wildman–Crippen MR) is 64.4 cm³/mol. The molecule has 0 spiro atoms. The van der Waals surface area contributed by atoms with Crippen LogP contribution in [-0.4, -0.2) is 25.2 Å². The summed E-state index contributed by atoms with van der Waals surface area (Å²) in [7, 11) is 1.35. The predicted octanol–water partition coefficient (Wildman–Crippen LogP) is 1.92. The highest BCUT2D eigenvalue weighted by Crippen LogP contribution is 2.22. The molecule has 4 nitrogen and oxygen atoms in total. The lowest BCUT2D eigenvalue weighted by Gasteiger charge is -2.33. The van der Waals surface area contributed by atoms with Gasteiger partial charge in [0.15, 0.2) is 0 Å². The molecule has 0 radical (unpaired) electrons. The summed E-state index contributed by atoms with van der Waals surface area (Å²) in [5.41, 5.74) is 0.915. The van der Waals surface area contributed by atoms with E-state index >= 15 is 0 Å². The molecule has 2 unspecified atom stereocenters. The highest BCUT2D eigenvalue weighted by molar-refractivity contribution is 5.77. The zero-order valence-electron chi connectivity index (χ0n) is 9.87. The normalized spacial score (nSPS) is 23.5. The molecule has 1 aromatic rings. The van der Waals surface area contributed by atoms with Gasteiger partial charge in [-0.05, 0) is 25.1 Å². The number of rotatable bonds is 2. The number of carbonyl (C=O) groups excluding carboxylic acids is 1. The van der Waals surface area contributed by atoms with Crippen LogP contribution in [0.3, 0.4) is 0 Å². The number of nitrogens with zero attached hydrogens (tertiary/aromatic N) is 1. The fourth-order valence-electron chi connectivity index (χ4n) is 1.70. The van der Waals surface area contributed by atoms with Gasteiger partial charge in [-0.15, -0.1) is 0 Å². The smallest absolute Gasteiger partial charge is 0.341 e. The van der Waals surface area contributed by atoms with Gasteiger partial charge in [0, 0.05) is 0 Å². The monoisotopic (exact) mass is 233 g/mol. The summed E-state index contributed by atoms with van der Waals surface area (Å²) in [5.74, 6) is -0.394. The molecule has 17 heavy (non-hydrogen) atoms. The fraction of sp³-hybridized carbons (Fsp3) is 0.308. The van der Waals surface area contributed by atoms with Crippen LogP contribution in [0.5, 0.6) is 0 Å². The second kappa shape index (κ2) is 5.01. The van der Waals surface area contributed by atoms with E-state index in [4.69, 9.17) is 4.84 Å². The van der Waals surface area contributed by atoms with E-state index in [9.17, 15) is 4.79 Å². The number of hydrogen-bond donors (Lipinski definition) is 0. The first kappa shape index (κ1) is 11.7. The molecule has 1 aliphatic heterocycles. The first-order chi connectivity index (χ1) is 8.22. The van der Waals surface area contributed by atoms with Gasteiger partial charge in [0.05, 0.1) is 18.8 Å². The average molecular weight is 233 g/mol. The molecule has 4 heteroatoms. The van der Waals surface area contributed by atoms with E-state index in [1.54, 1.807) is 11.1 Å². The molecule has 90 valence electrons. The van der Waals surface area contributed by atoms with E-state index in [-0.39, 0.29) is 6.04 Å². The minimum Gasteiger partial charge on any atom is -0.467 e. The number of esters is 1. The molecule has 0 saturated carbocycles. The molecule has 0 N–H and O–H groups in total. The lowest BCUT2D eigenvalue weighted by atomic mass is 10.2. The van der Waals surface area contributed by atoms with Gasteiger partial charge in [0.1, 0.15) is 0 Å². The van der Waals surface area contributed by atoms with Crippen molar-refractivity contribution in [2.75, 3.05) is 12.2 Å². The summed E-state index contributed by atoms with van der Waals surface area (Å²) in [6, 6.07) is 9.74. The van der Waals surface area contributed by atoms with Crippen LogP contribution >= 0.6 is 0 Å². The number of methoxy groups -OCH3 is 1. The summed E-state index contributed by atoms with van der Waals surface area (Å²) in [6.07, 6.45) is 2.98. The van der Waals surface area contributed by atoms with Gasteiger partial charge in [0.25, 0.3) is 0 Å². The van der Waals surface area contributed by atoms with Crippen molar-refractivity contribution in [2.45, 2.75) is 19.1 Å². The molecule has 2 atom stereocenters. The van der Waals surface area contributed by atoms with Crippen molar-refractivity contribution in [3.05, 3.63) is 42.5 Å². The third-order valence-corrected chi connectivity index (χ3v) is 2.61. The van der Waals surface area contributed by atoms with Gasteiger partial charge in [0.2, 0.25) is 6.10 Å². The Hall–Kier alpha value is -1.81. The quantitative estimate of drug-likeness (QED) is 0.578. The minimum atomic E-state index is -0.670. The van der Waals surface area contributed by atoms with Crippen LogP contribution in [0.1, 0.15) is 6.92 Å². The molecule has 1 aromatic carbocycles. The summed E-state index contributed by atoms with van der Waals surface area (Å²) in [4.78, 5) is 17.0. The van der Waals surface area contributed by atoms with Gasteiger partial charge in [-0.1, -0.05) is 24.3 Å². The Morgan fingerprint density at radius 1 is 1.29 bits per heavy atom. The standard InChI is InChI=1S/C13H15NO3/c1-10-8-9-12(13(15)16-2)17-14(10)11-6-4-3-5-7-11/h3-10,12H,1-2H3. The molecule has 1 heterocycles. The van der Waals surface area contributed by atoms with Gasteiger partial charge >= 0.3 is 5.97 Å². The molecule has 0 fully saturated rings. The van der Waals surface area contributed by atoms with E-state index < -0.39 is 12.1 Å². The number of ether oxygens (including phenoxy) is 1. The minimum absolute atomic E-state index is 0.0818. The number of carbonyl (C=O) groups is 1. The Kier molecular flexibility index (Phi) is 3.44. The first-order valence-electron chi connectivity index (χ1n) is 5.49. The summed E-state index contributed by atoms with van der Waals surface area (Å²) in [5, 5.41) is 1.71. The van der Waals surface area contributed by atoms with Crippen LogP contribution in [0.15, 0.2) is 42.5 Å². The van der Waals surface area contributed by atoms with Crippen molar-refractivity contribution in [1.82, 2.24) is 0 Å². The Labute approximate surface area is 100 Å². The molecule has 0 saturated heterocycles. The summed E-state index contributed by atoms with van der Waals surface area (Å²) < 4.78 is 4.67. The van der Waals surface area contributed by atoms with E-state index in [0.29, 0.717) is 0 Å². The zero-order chi connectivity index (χ0) is 12.3. The van der Waals surface area contributed by atoms with Crippen molar-refractivity contribution in [3.8, 4) is 0 Å². The largest absolute Gasteiger partial charge is 0.467 e. The van der Waals surface area contributed by atoms with Crippen LogP contribution in [0.4, 0.5) is 5.69 Å². The third-order valence-electron chi connectivity index (χ3n) is 2.61. The van der Waals surface area contributed by atoms with E-state index in [0.717, 1.165) is 5.69 Å². The van der Waals surface area contributed by atoms with E-state index in [2.05, 4.69) is 4.74 Å². The topological polar surface area (TPSA) is 38.8 Å². The zero-order valence-corrected chi connectivity index (χ0v) is 9.87. The maximum absolute atomic E-state index is 11.4. The molecule has 0 aromatic heterocycles. The Balaban J connectivity index is 2.19. The van der Waals surface area contributed by atoms with Gasteiger partial charge in [-0.2, -0.15) is 0 Å². The third kappa shape index (κ3) is 2.47. The highest BCUT2D eigenvalue weighted by Gasteiger charge is 2.27. The molecular formula is C13H15NO3. The highest BCUT2D eigenvalue weighted by atomic mass is 16.7. The fourth-order valence-corrected chi connectivity index (χ4v) is 1.70. The maximum Gasteiger partial charge on any atom is 0.341 e. The number of anilines is 1. The van der Waals surface area contributed by atoms with Crippen molar-refractivity contribution >= 4 is 11.7 Å². The Morgan fingerprint density at radius 3 is 2.65 bits per heavy atom. The number of benzene rings is 1. The average Bonchev–Trinajstić information content (AvgIpc) is 2.39. The lowest BCUT2D eigenvalue weighted by Crippen LogP contribution is -2.42. The summed E-state index contributed by atoms with van der Waals surface area (Å²) in [6.45, 7) is 2.00. The van der Waals surface area contributed by atoms with Crippen LogP contribution in [0, 0.1) is 0 Å². The van der Waals surface area contributed by atoms with Crippen LogP contribution in [0.2, 0.25) is 0 Å². The molecule has 0 amide bonds. The number of para-hydroxylation sites is 1. The summed E-state index contributed by atoms with van der Waals surface area (Å²) >= 11 is 0. The van der Waals surface area contributed by atoms with Crippen LogP contribution in [0.25, 0.3) is 0 Å². The van der Waals surface area contributed by atoms with E-state index in [1.165, 1.54) is 7.11 Å². The van der Waals surface area contributed by atoms with Crippen LogP contribution in [-0.2, 0) is 14.4 Å². The van der Waals surface area contributed by atoms with Gasteiger partial charge in [-0.3, -0.25) is 4.84 Å². The van der Waals surface area contributed by atoms with Gasteiger partial charge in [-0.25, -0.2) is 9.86 Å². The van der Waals surface area contributed by atoms with Crippen molar-refractivity contribution in [3.63, 3.8) is 0 Å². The second-order valence-electron chi connectivity index (χ2n) is 3.84. The molecule has 0 bridgehead atoms. The van der Waals surface area contributed by atoms with Crippen LogP contribution < -0.4 is 5.06 Å². The SMILES string of the molecule is COC(=O)C1C=CC(C)N(c2ccccc2)O1. The second-order valence-corrected chi connectivity index (χ2v) is 3.84. The van der Waals surface area contributed by atoms with Crippen molar-refractivity contribution in [1.29, 1.82) is 0 Å². The maximum atomic E-state index is 11.4. The number of hydroxylamine groups is 1. The van der Waals surface area contributed by atoms with Gasteiger partial charge < -0.3 is 4.74 Å². The lowest BCUT2D eigenvalue weighted by molar-refractivity contribution is -0.152.